The second-order valence-corrected chi connectivity index (χ2v) is 5.99. The van der Waals surface area contributed by atoms with E-state index in [0.717, 1.165) is 20.3 Å². The van der Waals surface area contributed by atoms with Gasteiger partial charge in [-0.05, 0) is 65.6 Å². The first-order chi connectivity index (χ1) is 9.00. The topological polar surface area (TPSA) is 17.1 Å². The number of benzene rings is 2. The summed E-state index contributed by atoms with van der Waals surface area (Å²) in [7, 11) is 0. The molecule has 0 aromatic heterocycles. The third-order valence-corrected chi connectivity index (χ3v) is 4.91. The predicted molar refractivity (Wildman–Crippen MR) is 87.8 cm³/mol. The maximum atomic E-state index is 12.5. The predicted octanol–water partition coefficient (Wildman–Crippen LogP) is 4.64. The van der Waals surface area contributed by atoms with E-state index in [9.17, 15) is 4.79 Å². The van der Waals surface area contributed by atoms with Gasteiger partial charge < -0.3 is 0 Å². The quantitative estimate of drug-likeness (QED) is 0.573. The summed E-state index contributed by atoms with van der Waals surface area (Å²) in [4.78, 5) is 12.5. The summed E-state index contributed by atoms with van der Waals surface area (Å²) in [6.07, 6.45) is 0.484. The molecule has 0 aliphatic carbocycles. The first kappa shape index (κ1) is 14.3. The molecule has 0 radical (unpaired) electrons. The van der Waals surface area contributed by atoms with E-state index in [-0.39, 0.29) is 5.78 Å². The summed E-state index contributed by atoms with van der Waals surface area (Å²) in [5, 5.41) is 0. The maximum absolute atomic E-state index is 12.5. The number of halogens is 1. The molecule has 2 aromatic carbocycles. The van der Waals surface area contributed by atoms with Gasteiger partial charge in [-0.3, -0.25) is 4.79 Å². The molecule has 2 aromatic rings. The van der Waals surface area contributed by atoms with Crippen molar-refractivity contribution in [3.05, 3.63) is 67.8 Å². The van der Waals surface area contributed by atoms with Gasteiger partial charge in [0.25, 0.3) is 0 Å². The first-order valence-corrected chi connectivity index (χ1v) is 7.42. The molecule has 0 aliphatic rings. The minimum Gasteiger partial charge on any atom is -0.294 e. The molecule has 2 heteroatoms. The lowest BCUT2D eigenvalue weighted by atomic mass is 9.95. The van der Waals surface area contributed by atoms with Crippen LogP contribution in [0.25, 0.3) is 0 Å². The van der Waals surface area contributed by atoms with Crippen LogP contribution in [0.4, 0.5) is 0 Å². The van der Waals surface area contributed by atoms with Crippen LogP contribution >= 0.6 is 22.6 Å². The Labute approximate surface area is 128 Å². The molecule has 0 N–H and O–H groups in total. The van der Waals surface area contributed by atoms with Gasteiger partial charge in [0, 0.05) is 15.6 Å². The van der Waals surface area contributed by atoms with Gasteiger partial charge in [-0.15, -0.1) is 0 Å². The van der Waals surface area contributed by atoms with Gasteiger partial charge >= 0.3 is 0 Å². The van der Waals surface area contributed by atoms with Gasteiger partial charge in [-0.1, -0.05) is 36.4 Å². The first-order valence-electron chi connectivity index (χ1n) is 6.34. The van der Waals surface area contributed by atoms with Gasteiger partial charge in [0.2, 0.25) is 0 Å². The summed E-state index contributed by atoms with van der Waals surface area (Å²) in [5.41, 5.74) is 5.54. The molecule has 2 rings (SSSR count). The van der Waals surface area contributed by atoms with Crippen molar-refractivity contribution in [3.8, 4) is 0 Å². The van der Waals surface area contributed by atoms with E-state index < -0.39 is 0 Å². The van der Waals surface area contributed by atoms with Crippen LogP contribution in [0, 0.1) is 24.3 Å². The molecule has 0 aliphatic heterocycles. The lowest BCUT2D eigenvalue weighted by molar-refractivity contribution is 0.0991. The molecule has 0 spiro atoms. The smallest absolute Gasteiger partial charge is 0.168 e. The van der Waals surface area contributed by atoms with Gasteiger partial charge in [-0.2, -0.15) is 0 Å². The van der Waals surface area contributed by atoms with Crippen molar-refractivity contribution >= 4 is 28.4 Å². The van der Waals surface area contributed by atoms with Crippen LogP contribution in [0.1, 0.15) is 32.6 Å². The molecule has 0 saturated carbocycles. The molecular formula is C17H17IO. The number of Topliss-reactive ketones (excluding diaryl/α,β-unsaturated/α-hetero) is 1. The minimum atomic E-state index is 0.200. The highest BCUT2D eigenvalue weighted by Gasteiger charge is 2.14. The van der Waals surface area contributed by atoms with Crippen LogP contribution in [0.2, 0.25) is 0 Å². The number of carbonyl (C=O) groups excluding carboxylic acids is 1. The van der Waals surface area contributed by atoms with Crippen molar-refractivity contribution in [3.63, 3.8) is 0 Å². The Hall–Kier alpha value is -1.16. The fourth-order valence-electron chi connectivity index (χ4n) is 2.25. The van der Waals surface area contributed by atoms with Crippen molar-refractivity contribution in [1.82, 2.24) is 0 Å². The highest BCUT2D eigenvalue weighted by molar-refractivity contribution is 14.1. The molecule has 1 nitrogen and oxygen atoms in total. The van der Waals surface area contributed by atoms with Crippen LogP contribution < -0.4 is 0 Å². The van der Waals surface area contributed by atoms with Crippen molar-refractivity contribution in [2.45, 2.75) is 27.2 Å². The largest absolute Gasteiger partial charge is 0.294 e. The van der Waals surface area contributed by atoms with Crippen LogP contribution in [0.3, 0.4) is 0 Å². The van der Waals surface area contributed by atoms with Crippen LogP contribution in [0.5, 0.6) is 0 Å². The Bertz CT molecular complexity index is 609. The number of hydrogen-bond acceptors (Lipinski definition) is 1. The fourth-order valence-corrected chi connectivity index (χ4v) is 2.91. The summed E-state index contributed by atoms with van der Waals surface area (Å²) in [6, 6.07) is 12.1. The number of rotatable bonds is 3. The normalized spacial score (nSPS) is 10.5. The molecule has 0 bridgehead atoms. The Morgan fingerprint density at radius 2 is 1.47 bits per heavy atom. The highest BCUT2D eigenvalue weighted by atomic mass is 127. The van der Waals surface area contributed by atoms with E-state index >= 15 is 0 Å². The van der Waals surface area contributed by atoms with E-state index in [1.165, 1.54) is 11.1 Å². The molecule has 19 heavy (non-hydrogen) atoms. The SMILES string of the molecule is Cc1cccc(C(=O)Cc2c(C)cccc2C)c1I. The van der Waals surface area contributed by atoms with Gasteiger partial charge in [0.15, 0.2) is 5.78 Å². The Balaban J connectivity index is 2.34. The molecule has 0 fully saturated rings. The summed E-state index contributed by atoms with van der Waals surface area (Å²) in [6.45, 7) is 6.17. The van der Waals surface area contributed by atoms with Crippen molar-refractivity contribution in [2.75, 3.05) is 0 Å². The molecule has 0 saturated heterocycles. The number of aryl methyl sites for hydroxylation is 3. The van der Waals surface area contributed by atoms with Gasteiger partial charge in [0.05, 0.1) is 0 Å². The van der Waals surface area contributed by atoms with Crippen molar-refractivity contribution in [1.29, 1.82) is 0 Å². The Kier molecular flexibility index (Phi) is 4.40. The third-order valence-electron chi connectivity index (χ3n) is 3.47. The summed E-state index contributed by atoms with van der Waals surface area (Å²) >= 11 is 2.26. The third kappa shape index (κ3) is 3.06. The van der Waals surface area contributed by atoms with E-state index in [4.69, 9.17) is 0 Å². The maximum Gasteiger partial charge on any atom is 0.168 e. The van der Waals surface area contributed by atoms with E-state index in [1.54, 1.807) is 0 Å². The van der Waals surface area contributed by atoms with Gasteiger partial charge in [-0.25, -0.2) is 0 Å². The molecule has 0 unspecified atom stereocenters. The monoisotopic (exact) mass is 364 g/mol. The molecule has 0 atom stereocenters. The lowest BCUT2D eigenvalue weighted by Crippen LogP contribution is -2.08. The molecule has 0 heterocycles. The second kappa shape index (κ2) is 5.87. The Morgan fingerprint density at radius 1 is 0.947 bits per heavy atom. The van der Waals surface area contributed by atoms with Crippen molar-refractivity contribution in [2.24, 2.45) is 0 Å². The fraction of sp³-hybridized carbons (Fsp3) is 0.235. The van der Waals surface area contributed by atoms with Crippen LogP contribution in [0.15, 0.2) is 36.4 Å². The lowest BCUT2D eigenvalue weighted by Gasteiger charge is -2.10. The number of ketones is 1. The van der Waals surface area contributed by atoms with Crippen LogP contribution in [-0.2, 0) is 6.42 Å². The second-order valence-electron chi connectivity index (χ2n) is 4.91. The van der Waals surface area contributed by atoms with Gasteiger partial charge in [0.1, 0.15) is 0 Å². The van der Waals surface area contributed by atoms with E-state index in [0.29, 0.717) is 6.42 Å². The zero-order valence-electron chi connectivity index (χ0n) is 11.5. The van der Waals surface area contributed by atoms with E-state index in [2.05, 4.69) is 48.6 Å². The summed E-state index contributed by atoms with van der Waals surface area (Å²) < 4.78 is 1.07. The average molecular weight is 364 g/mol. The van der Waals surface area contributed by atoms with E-state index in [1.807, 2.05) is 31.2 Å². The van der Waals surface area contributed by atoms with Crippen molar-refractivity contribution < 1.29 is 4.79 Å². The minimum absolute atomic E-state index is 0.200. The molecule has 98 valence electrons. The standard InChI is InChI=1S/C17H17IO/c1-11-6-4-7-12(2)15(11)10-16(19)14-9-5-8-13(3)17(14)18/h4-9H,10H2,1-3H3. The molecule has 0 amide bonds. The zero-order valence-corrected chi connectivity index (χ0v) is 13.6. The molecular weight excluding hydrogens is 347 g/mol. The zero-order chi connectivity index (χ0) is 14.0. The highest BCUT2D eigenvalue weighted by Crippen LogP contribution is 2.21. The average Bonchev–Trinajstić information content (AvgIpc) is 2.37. The Morgan fingerprint density at radius 3 is 2.11 bits per heavy atom. The number of hydrogen-bond donors (Lipinski definition) is 0. The summed E-state index contributed by atoms with van der Waals surface area (Å²) in [5.74, 6) is 0.200. The van der Waals surface area contributed by atoms with Crippen LogP contribution in [-0.4, -0.2) is 5.78 Å². The number of carbonyl (C=O) groups is 1.